The molecule has 4 atom stereocenters. The normalized spacial score (nSPS) is 26.4. The van der Waals surface area contributed by atoms with Crippen LogP contribution in [0.25, 0.3) is 0 Å². The highest BCUT2D eigenvalue weighted by molar-refractivity contribution is 6.31. The van der Waals surface area contributed by atoms with Crippen molar-refractivity contribution in [3.63, 3.8) is 0 Å². The van der Waals surface area contributed by atoms with Gasteiger partial charge >= 0.3 is 0 Å². The minimum absolute atomic E-state index is 0.0332. The predicted octanol–water partition coefficient (Wildman–Crippen LogP) is 3.81. The van der Waals surface area contributed by atoms with Crippen LogP contribution in [0.1, 0.15) is 46.5 Å². The van der Waals surface area contributed by atoms with Crippen molar-refractivity contribution in [2.45, 2.75) is 69.9 Å². The highest BCUT2D eigenvalue weighted by atomic mass is 35.5. The lowest BCUT2D eigenvalue weighted by Crippen LogP contribution is -2.78. The van der Waals surface area contributed by atoms with Crippen molar-refractivity contribution < 1.29 is 23.4 Å². The van der Waals surface area contributed by atoms with Crippen LogP contribution in [-0.2, 0) is 14.3 Å². The number of rotatable bonds is 9. The van der Waals surface area contributed by atoms with Crippen LogP contribution >= 0.6 is 11.6 Å². The molecule has 2 aliphatic rings. The average molecular weight is 520 g/mol. The number of hydrogen-bond donors (Lipinski definition) is 2. The molecule has 0 spiro atoms. The number of halogens is 2. The Bertz CT molecular complexity index is 1070. The number of primary amides is 1. The molecule has 1 fully saturated rings. The molecular formula is C27H35ClFN3O4. The summed E-state index contributed by atoms with van der Waals surface area (Å²) in [4.78, 5) is 14.7. The minimum atomic E-state index is -1.60. The number of ether oxygens (including phenoxy) is 3. The summed E-state index contributed by atoms with van der Waals surface area (Å²) in [7, 11) is 1.48. The lowest BCUT2D eigenvalue weighted by molar-refractivity contribution is -0.176. The highest BCUT2D eigenvalue weighted by Crippen LogP contribution is 2.50. The van der Waals surface area contributed by atoms with Gasteiger partial charge in [-0.15, -0.1) is 5.92 Å². The van der Waals surface area contributed by atoms with Gasteiger partial charge in [0.05, 0.1) is 10.6 Å². The summed E-state index contributed by atoms with van der Waals surface area (Å²) < 4.78 is 32.6. The monoisotopic (exact) mass is 519 g/mol. The second-order valence-corrected chi connectivity index (χ2v) is 9.38. The van der Waals surface area contributed by atoms with Crippen LogP contribution < -0.4 is 16.2 Å². The van der Waals surface area contributed by atoms with Gasteiger partial charge < -0.3 is 25.7 Å². The summed E-state index contributed by atoms with van der Waals surface area (Å²) in [5, 5.41) is 0.183. The quantitative estimate of drug-likeness (QED) is 0.481. The van der Waals surface area contributed by atoms with Gasteiger partial charge in [0.2, 0.25) is 0 Å². The molecule has 1 heterocycles. The predicted molar refractivity (Wildman–Crippen MR) is 137 cm³/mol. The highest BCUT2D eigenvalue weighted by Gasteiger charge is 2.66. The van der Waals surface area contributed by atoms with Gasteiger partial charge in [-0.3, -0.25) is 9.69 Å². The Hall–Kier alpha value is -2.57. The van der Waals surface area contributed by atoms with Crippen molar-refractivity contribution in [2.75, 3.05) is 20.2 Å². The Morgan fingerprint density at radius 3 is 2.39 bits per heavy atom. The molecule has 0 radical (unpaired) electrons. The lowest BCUT2D eigenvalue weighted by atomic mass is 9.72. The maximum Gasteiger partial charge on any atom is 0.252 e. The van der Waals surface area contributed by atoms with Crippen LogP contribution in [0, 0.1) is 17.7 Å². The van der Waals surface area contributed by atoms with E-state index in [-0.39, 0.29) is 16.4 Å². The van der Waals surface area contributed by atoms with E-state index in [0.29, 0.717) is 25.3 Å². The van der Waals surface area contributed by atoms with Crippen LogP contribution in [0.3, 0.4) is 0 Å². The zero-order valence-electron chi connectivity index (χ0n) is 21.3. The third-order valence-corrected chi connectivity index (χ3v) is 7.18. The third-order valence-electron chi connectivity index (χ3n) is 6.78. The lowest BCUT2D eigenvalue weighted by Gasteiger charge is -2.57. The van der Waals surface area contributed by atoms with E-state index in [0.717, 1.165) is 19.3 Å². The van der Waals surface area contributed by atoms with E-state index >= 15 is 0 Å². The number of carbonyl (C=O) groups is 1. The number of piperidine rings is 1. The minimum Gasteiger partial charge on any atom is -0.487 e. The Labute approximate surface area is 217 Å². The van der Waals surface area contributed by atoms with Crippen molar-refractivity contribution in [1.29, 1.82) is 0 Å². The van der Waals surface area contributed by atoms with E-state index in [4.69, 9.17) is 37.3 Å². The number of nitrogens with two attached hydrogens (primary N) is 2. The molecule has 1 amide bonds. The van der Waals surface area contributed by atoms with Crippen LogP contribution in [0.15, 0.2) is 46.7 Å². The molecule has 196 valence electrons. The number of methoxy groups -OCH3 is 1. The third kappa shape index (κ3) is 4.98. The smallest absolute Gasteiger partial charge is 0.252 e. The van der Waals surface area contributed by atoms with Crippen molar-refractivity contribution in [1.82, 2.24) is 4.90 Å². The van der Waals surface area contributed by atoms with Crippen molar-refractivity contribution in [3.05, 3.63) is 52.5 Å². The number of nitrogens with zero attached hydrogens (tertiary/aromatic N) is 1. The summed E-state index contributed by atoms with van der Waals surface area (Å²) in [5.41, 5.74) is 10.1. The topological polar surface area (TPSA) is 100 Å². The van der Waals surface area contributed by atoms with Gasteiger partial charge in [-0.25, -0.2) is 4.39 Å². The summed E-state index contributed by atoms with van der Waals surface area (Å²) >= 11 is 6.93. The molecule has 9 heteroatoms. The standard InChI is InChI=1S/C27H35ClFN3O4/c1-5-10-18(3)35-24-21(25(30)33)17-22(28)27(31,32-15-8-7-9-16-32)26(24,34-4)23(6-2)36-20-13-11-19(29)12-14-20/h11-14,17-18,23H,6-9,15-16,31H2,1-4H3,(H2,30,33)/t18-,23?,26?,27?/m0/s1. The molecule has 4 N–H and O–H groups in total. The first-order valence-electron chi connectivity index (χ1n) is 12.2. The Morgan fingerprint density at radius 1 is 1.22 bits per heavy atom. The Kier molecular flexibility index (Phi) is 9.07. The first-order valence-corrected chi connectivity index (χ1v) is 12.6. The molecule has 0 bridgehead atoms. The van der Waals surface area contributed by atoms with Gasteiger partial charge in [0, 0.05) is 20.2 Å². The second-order valence-electron chi connectivity index (χ2n) is 8.98. The fraction of sp³-hybridized carbons (Fsp3) is 0.519. The van der Waals surface area contributed by atoms with Crippen LogP contribution in [0.2, 0.25) is 0 Å². The summed E-state index contributed by atoms with van der Waals surface area (Å²) in [6.07, 6.45) is 3.31. The van der Waals surface area contributed by atoms with Crippen molar-refractivity contribution in [2.24, 2.45) is 11.5 Å². The molecule has 1 aliphatic heterocycles. The van der Waals surface area contributed by atoms with Crippen molar-refractivity contribution >= 4 is 17.5 Å². The zero-order chi connectivity index (χ0) is 26.5. The first kappa shape index (κ1) is 28.0. The molecule has 36 heavy (non-hydrogen) atoms. The second kappa shape index (κ2) is 11.7. The van der Waals surface area contributed by atoms with Gasteiger partial charge in [-0.2, -0.15) is 0 Å². The first-order chi connectivity index (χ1) is 17.1. The molecule has 1 aliphatic carbocycles. The maximum absolute atomic E-state index is 13.6. The number of amides is 1. The maximum atomic E-state index is 13.6. The molecule has 3 rings (SSSR count). The Balaban J connectivity index is 2.31. The fourth-order valence-corrected chi connectivity index (χ4v) is 5.50. The number of benzene rings is 1. The summed E-state index contributed by atoms with van der Waals surface area (Å²) in [5.74, 6) is 5.12. The molecule has 0 aromatic heterocycles. The van der Waals surface area contributed by atoms with E-state index in [1.807, 2.05) is 11.8 Å². The van der Waals surface area contributed by atoms with E-state index in [9.17, 15) is 9.18 Å². The SMILES string of the molecule is CC#C[C@H](C)OC1=C(C(N)=O)C=C(Cl)C(N)(N2CCCCC2)C1(OC)C(CC)Oc1ccc(F)cc1. The van der Waals surface area contributed by atoms with Crippen LogP contribution in [-0.4, -0.2) is 54.5 Å². The number of carbonyl (C=O) groups excluding carboxylic acids is 1. The molecule has 0 saturated carbocycles. The molecule has 7 nitrogen and oxygen atoms in total. The van der Waals surface area contributed by atoms with Crippen molar-refractivity contribution in [3.8, 4) is 17.6 Å². The summed E-state index contributed by atoms with van der Waals surface area (Å²) in [6, 6.07) is 5.64. The zero-order valence-corrected chi connectivity index (χ0v) is 22.0. The molecule has 1 saturated heterocycles. The molecule has 3 unspecified atom stereocenters. The van der Waals surface area contributed by atoms with Crippen LogP contribution in [0.5, 0.6) is 5.75 Å². The fourth-order valence-electron chi connectivity index (χ4n) is 5.13. The average Bonchev–Trinajstić information content (AvgIpc) is 2.87. The van der Waals surface area contributed by atoms with Gasteiger partial charge in [-0.1, -0.05) is 30.9 Å². The Morgan fingerprint density at radius 2 is 1.86 bits per heavy atom. The number of likely N-dealkylation sites (tertiary alicyclic amines) is 1. The van der Waals surface area contributed by atoms with E-state index < -0.39 is 35.2 Å². The van der Waals surface area contributed by atoms with Gasteiger partial charge in [0.15, 0.2) is 17.5 Å². The van der Waals surface area contributed by atoms with Gasteiger partial charge in [0.1, 0.15) is 23.3 Å². The van der Waals surface area contributed by atoms with Gasteiger partial charge in [0.25, 0.3) is 5.91 Å². The van der Waals surface area contributed by atoms with E-state index in [1.165, 1.54) is 37.5 Å². The molecule has 1 aromatic rings. The van der Waals surface area contributed by atoms with E-state index in [2.05, 4.69) is 11.8 Å². The number of hydrogen-bond acceptors (Lipinski definition) is 6. The largest absolute Gasteiger partial charge is 0.487 e. The van der Waals surface area contributed by atoms with E-state index in [1.54, 1.807) is 13.8 Å². The van der Waals surface area contributed by atoms with Crippen LogP contribution in [0.4, 0.5) is 4.39 Å². The molecule has 1 aromatic carbocycles. The summed E-state index contributed by atoms with van der Waals surface area (Å²) in [6.45, 7) is 6.65. The van der Waals surface area contributed by atoms with Gasteiger partial charge in [-0.05, 0) is 63.5 Å². The molecular weight excluding hydrogens is 485 g/mol.